The lowest BCUT2D eigenvalue weighted by Crippen LogP contribution is -2.28. The summed E-state index contributed by atoms with van der Waals surface area (Å²) in [5, 5.41) is 4.38. The van der Waals surface area contributed by atoms with E-state index in [1.165, 1.54) is 24.2 Å². The maximum Gasteiger partial charge on any atom is 0.0541 e. The van der Waals surface area contributed by atoms with Crippen molar-refractivity contribution in [2.75, 3.05) is 12.3 Å². The molecule has 0 saturated heterocycles. The summed E-state index contributed by atoms with van der Waals surface area (Å²) >= 11 is 7.97. The fourth-order valence-electron chi connectivity index (χ4n) is 1.81. The molecule has 0 spiro atoms. The molecule has 0 saturated carbocycles. The van der Waals surface area contributed by atoms with Crippen molar-refractivity contribution < 1.29 is 0 Å². The molecule has 0 radical (unpaired) electrons. The van der Waals surface area contributed by atoms with Gasteiger partial charge in [0.25, 0.3) is 0 Å². The Labute approximate surface area is 114 Å². The highest BCUT2D eigenvalue weighted by atomic mass is 35.5. The zero-order valence-corrected chi connectivity index (χ0v) is 12.3. The van der Waals surface area contributed by atoms with Gasteiger partial charge < -0.3 is 5.32 Å². The minimum absolute atomic E-state index is 0.673. The lowest BCUT2D eigenvalue weighted by Gasteiger charge is -2.15. The second-order valence-corrected chi connectivity index (χ2v) is 5.63. The molecule has 0 amide bonds. The molecule has 0 bridgehead atoms. The van der Waals surface area contributed by atoms with Crippen molar-refractivity contribution >= 4 is 23.4 Å². The van der Waals surface area contributed by atoms with Crippen molar-refractivity contribution in [3.05, 3.63) is 29.3 Å². The van der Waals surface area contributed by atoms with Gasteiger partial charge in [-0.05, 0) is 43.7 Å². The van der Waals surface area contributed by atoms with E-state index in [1.54, 1.807) is 0 Å². The van der Waals surface area contributed by atoms with Crippen molar-refractivity contribution in [2.24, 2.45) is 0 Å². The quantitative estimate of drug-likeness (QED) is 0.548. The van der Waals surface area contributed by atoms with Crippen molar-refractivity contribution in [3.63, 3.8) is 0 Å². The Hall–Kier alpha value is -0.180. The molecule has 0 heterocycles. The van der Waals surface area contributed by atoms with Gasteiger partial charge in [-0.15, -0.1) is 11.8 Å². The maximum absolute atomic E-state index is 6.11. The Kier molecular flexibility index (Phi) is 7.74. The third-order valence-corrected chi connectivity index (χ3v) is 4.38. The minimum atomic E-state index is 0.673. The van der Waals surface area contributed by atoms with E-state index in [4.69, 9.17) is 11.6 Å². The first-order valence-electron chi connectivity index (χ1n) is 6.38. The monoisotopic (exact) mass is 271 g/mol. The van der Waals surface area contributed by atoms with Crippen LogP contribution in [0.5, 0.6) is 0 Å². The average Bonchev–Trinajstić information content (AvgIpc) is 2.35. The van der Waals surface area contributed by atoms with E-state index in [1.807, 2.05) is 30.0 Å². The summed E-state index contributed by atoms with van der Waals surface area (Å²) in [4.78, 5) is 1.20. The second kappa shape index (κ2) is 8.84. The number of hydrogen-bond donors (Lipinski definition) is 1. The summed E-state index contributed by atoms with van der Waals surface area (Å²) in [6.07, 6.45) is 3.70. The van der Waals surface area contributed by atoms with Gasteiger partial charge in [0.2, 0.25) is 0 Å². The van der Waals surface area contributed by atoms with Gasteiger partial charge in [0.1, 0.15) is 0 Å². The summed E-state index contributed by atoms with van der Waals surface area (Å²) in [7, 11) is 0. The van der Waals surface area contributed by atoms with Crippen LogP contribution in [0.15, 0.2) is 29.2 Å². The largest absolute Gasteiger partial charge is 0.314 e. The van der Waals surface area contributed by atoms with Crippen molar-refractivity contribution in [2.45, 2.75) is 44.0 Å². The molecule has 1 aromatic rings. The fourth-order valence-corrected chi connectivity index (χ4v) is 3.02. The Balaban J connectivity index is 2.22. The Morgan fingerprint density at radius 3 is 2.71 bits per heavy atom. The predicted molar refractivity (Wildman–Crippen MR) is 79.2 cm³/mol. The Bertz CT molecular complexity index is 317. The van der Waals surface area contributed by atoms with Crippen molar-refractivity contribution in [1.82, 2.24) is 5.32 Å². The van der Waals surface area contributed by atoms with Crippen molar-refractivity contribution in [1.29, 1.82) is 0 Å². The number of nitrogens with one attached hydrogen (secondary N) is 1. The first-order chi connectivity index (χ1) is 8.27. The topological polar surface area (TPSA) is 12.0 Å². The highest BCUT2D eigenvalue weighted by Gasteiger charge is 2.04. The third-order valence-electron chi connectivity index (χ3n) is 2.78. The van der Waals surface area contributed by atoms with Gasteiger partial charge in [-0.2, -0.15) is 0 Å². The van der Waals surface area contributed by atoms with Gasteiger partial charge in [0.15, 0.2) is 0 Å². The molecule has 0 aliphatic rings. The molecular weight excluding hydrogens is 250 g/mol. The van der Waals surface area contributed by atoms with E-state index >= 15 is 0 Å². The average molecular weight is 272 g/mol. The van der Waals surface area contributed by atoms with Crippen LogP contribution in [0, 0.1) is 0 Å². The number of thioether (sulfide) groups is 1. The van der Waals surface area contributed by atoms with Gasteiger partial charge in [-0.3, -0.25) is 0 Å². The summed E-state index contributed by atoms with van der Waals surface area (Å²) in [5.74, 6) is 1.14. The molecule has 1 rings (SSSR count). The molecule has 0 aliphatic heterocycles. The lowest BCUT2D eigenvalue weighted by atomic mass is 10.1. The standard InChI is InChI=1S/C14H22ClNS/c1-3-12(16-4-2)8-7-11-17-14-10-6-5-9-13(14)15/h5-6,9-10,12,16H,3-4,7-8,11H2,1-2H3. The van der Waals surface area contributed by atoms with Crippen LogP contribution in [0.2, 0.25) is 5.02 Å². The van der Waals surface area contributed by atoms with Gasteiger partial charge in [-0.1, -0.05) is 37.6 Å². The van der Waals surface area contributed by atoms with E-state index in [0.29, 0.717) is 6.04 Å². The molecule has 1 N–H and O–H groups in total. The Morgan fingerprint density at radius 2 is 2.06 bits per heavy atom. The number of halogens is 1. The number of rotatable bonds is 8. The van der Waals surface area contributed by atoms with Crippen molar-refractivity contribution in [3.8, 4) is 0 Å². The molecular formula is C14H22ClNS. The minimum Gasteiger partial charge on any atom is -0.314 e. The highest BCUT2D eigenvalue weighted by Crippen LogP contribution is 2.27. The van der Waals surface area contributed by atoms with E-state index in [2.05, 4.69) is 25.2 Å². The van der Waals surface area contributed by atoms with Crippen LogP contribution in [-0.4, -0.2) is 18.3 Å². The van der Waals surface area contributed by atoms with E-state index in [-0.39, 0.29) is 0 Å². The molecule has 0 aromatic heterocycles. The number of hydrogen-bond acceptors (Lipinski definition) is 2. The molecule has 1 atom stereocenters. The summed E-state index contributed by atoms with van der Waals surface area (Å²) in [6, 6.07) is 8.74. The van der Waals surface area contributed by atoms with Gasteiger partial charge >= 0.3 is 0 Å². The molecule has 17 heavy (non-hydrogen) atoms. The normalized spacial score (nSPS) is 12.6. The molecule has 1 aromatic carbocycles. The van der Waals surface area contributed by atoms with Crippen LogP contribution in [0.4, 0.5) is 0 Å². The SMILES string of the molecule is CCNC(CC)CCCSc1ccccc1Cl. The van der Waals surface area contributed by atoms with Crippen LogP contribution >= 0.6 is 23.4 Å². The summed E-state index contributed by atoms with van der Waals surface area (Å²) in [5.41, 5.74) is 0. The van der Waals surface area contributed by atoms with Crippen LogP contribution in [0.1, 0.15) is 33.1 Å². The zero-order chi connectivity index (χ0) is 12.5. The van der Waals surface area contributed by atoms with E-state index in [0.717, 1.165) is 17.3 Å². The second-order valence-electron chi connectivity index (χ2n) is 4.08. The zero-order valence-electron chi connectivity index (χ0n) is 10.7. The van der Waals surface area contributed by atoms with Crippen LogP contribution in [-0.2, 0) is 0 Å². The van der Waals surface area contributed by atoms with Crippen LogP contribution in [0.25, 0.3) is 0 Å². The number of benzene rings is 1. The third kappa shape index (κ3) is 5.80. The molecule has 96 valence electrons. The van der Waals surface area contributed by atoms with Gasteiger partial charge in [0.05, 0.1) is 5.02 Å². The Morgan fingerprint density at radius 1 is 1.29 bits per heavy atom. The fraction of sp³-hybridized carbons (Fsp3) is 0.571. The van der Waals surface area contributed by atoms with Crippen LogP contribution < -0.4 is 5.32 Å². The lowest BCUT2D eigenvalue weighted by molar-refractivity contribution is 0.477. The van der Waals surface area contributed by atoms with Gasteiger partial charge in [-0.25, -0.2) is 0 Å². The summed E-state index contributed by atoms with van der Waals surface area (Å²) in [6.45, 7) is 5.48. The predicted octanol–water partition coefficient (Wildman–Crippen LogP) is 4.60. The van der Waals surface area contributed by atoms with Crippen LogP contribution in [0.3, 0.4) is 0 Å². The first-order valence-corrected chi connectivity index (χ1v) is 7.75. The molecule has 0 fully saturated rings. The summed E-state index contributed by atoms with van der Waals surface area (Å²) < 4.78 is 0. The first kappa shape index (κ1) is 14.9. The van der Waals surface area contributed by atoms with Gasteiger partial charge in [0, 0.05) is 10.9 Å². The van der Waals surface area contributed by atoms with E-state index in [9.17, 15) is 0 Å². The van der Waals surface area contributed by atoms with E-state index < -0.39 is 0 Å². The highest BCUT2D eigenvalue weighted by molar-refractivity contribution is 7.99. The molecule has 1 unspecified atom stereocenters. The molecule has 0 aliphatic carbocycles. The smallest absolute Gasteiger partial charge is 0.0541 e. The molecule has 1 nitrogen and oxygen atoms in total. The molecule has 3 heteroatoms. The maximum atomic E-state index is 6.11.